The highest BCUT2D eigenvalue weighted by atomic mass is 16.1. The second-order valence-electron chi connectivity index (χ2n) is 2.50. The largest absolute Gasteiger partial charge is 0.298 e. The van der Waals surface area contributed by atoms with Crippen LogP contribution < -0.4 is 0 Å². The lowest BCUT2D eigenvalue weighted by molar-refractivity contribution is 0.112. The lowest BCUT2D eigenvalue weighted by Crippen LogP contribution is -1.95. The van der Waals surface area contributed by atoms with Gasteiger partial charge in [0.05, 0.1) is 0 Å². The van der Waals surface area contributed by atoms with Gasteiger partial charge in [-0.15, -0.1) is 0 Å². The summed E-state index contributed by atoms with van der Waals surface area (Å²) in [4.78, 5) is 14.4. The molecule has 0 saturated carbocycles. The summed E-state index contributed by atoms with van der Waals surface area (Å²) < 4.78 is 0. The van der Waals surface area contributed by atoms with E-state index in [-0.39, 0.29) is 0 Å². The van der Waals surface area contributed by atoms with Crippen molar-refractivity contribution < 1.29 is 4.79 Å². The zero-order valence-electron chi connectivity index (χ0n) is 6.79. The van der Waals surface area contributed by atoms with Crippen molar-refractivity contribution in [2.75, 3.05) is 0 Å². The zero-order chi connectivity index (χ0) is 8.27. The molecule has 11 heavy (non-hydrogen) atoms. The molecule has 0 saturated heterocycles. The van der Waals surface area contributed by atoms with Crippen molar-refractivity contribution >= 4 is 6.29 Å². The summed E-state index contributed by atoms with van der Waals surface area (Å²) in [7, 11) is 0. The topological polar surface area (TPSA) is 30.0 Å². The third kappa shape index (κ3) is 1.45. The predicted molar refractivity (Wildman–Crippen MR) is 43.7 cm³/mol. The average Bonchev–Trinajstić information content (AvgIpc) is 2.04. The Morgan fingerprint density at radius 1 is 1.55 bits per heavy atom. The molecule has 0 atom stereocenters. The molecule has 0 N–H and O–H groups in total. The summed E-state index contributed by atoms with van der Waals surface area (Å²) in [6.45, 7) is 4.01. The molecule has 0 aliphatic heterocycles. The van der Waals surface area contributed by atoms with Gasteiger partial charge in [0.1, 0.15) is 0 Å². The third-order valence-corrected chi connectivity index (χ3v) is 1.79. The molecule has 0 radical (unpaired) electrons. The van der Waals surface area contributed by atoms with Crippen LogP contribution in [0.15, 0.2) is 12.4 Å². The molecule has 0 aromatic carbocycles. The maximum atomic E-state index is 10.5. The Bertz CT molecular complexity index is 268. The molecule has 1 rings (SSSR count). The Kier molecular flexibility index (Phi) is 2.36. The van der Waals surface area contributed by atoms with E-state index in [1.807, 2.05) is 13.8 Å². The fourth-order valence-corrected chi connectivity index (χ4v) is 1.20. The highest BCUT2D eigenvalue weighted by Gasteiger charge is 2.01. The van der Waals surface area contributed by atoms with Gasteiger partial charge in [-0.05, 0) is 24.5 Å². The van der Waals surface area contributed by atoms with Crippen molar-refractivity contribution in [1.29, 1.82) is 0 Å². The highest BCUT2D eigenvalue weighted by Crippen LogP contribution is 2.10. The molecule has 0 spiro atoms. The standard InChI is InChI=1S/C9H11NO/c1-3-9-7(2)4-10-5-8(9)6-11/h4-6H,3H2,1-2H3. The van der Waals surface area contributed by atoms with Crippen LogP contribution in [0.4, 0.5) is 0 Å². The van der Waals surface area contributed by atoms with Crippen molar-refractivity contribution in [3.05, 3.63) is 29.1 Å². The Morgan fingerprint density at radius 3 is 2.73 bits per heavy atom. The molecule has 0 amide bonds. The van der Waals surface area contributed by atoms with E-state index in [1.165, 1.54) is 0 Å². The average molecular weight is 149 g/mol. The number of carbonyl (C=O) groups is 1. The molecule has 0 aliphatic carbocycles. The minimum atomic E-state index is 0.715. The van der Waals surface area contributed by atoms with Crippen molar-refractivity contribution in [1.82, 2.24) is 4.98 Å². The van der Waals surface area contributed by atoms with Gasteiger partial charge in [-0.1, -0.05) is 6.92 Å². The molecule has 2 heteroatoms. The van der Waals surface area contributed by atoms with Crippen molar-refractivity contribution in [2.45, 2.75) is 20.3 Å². The van der Waals surface area contributed by atoms with Gasteiger partial charge in [-0.3, -0.25) is 9.78 Å². The molecule has 0 fully saturated rings. The first-order chi connectivity index (χ1) is 5.29. The van der Waals surface area contributed by atoms with Crippen LogP contribution in [-0.2, 0) is 6.42 Å². The summed E-state index contributed by atoms with van der Waals surface area (Å²) in [5.41, 5.74) is 2.92. The summed E-state index contributed by atoms with van der Waals surface area (Å²) in [5, 5.41) is 0. The van der Waals surface area contributed by atoms with Crippen LogP contribution in [0.2, 0.25) is 0 Å². The van der Waals surface area contributed by atoms with Crippen LogP contribution in [0.3, 0.4) is 0 Å². The lowest BCUT2D eigenvalue weighted by atomic mass is 10.0. The quantitative estimate of drug-likeness (QED) is 0.600. The van der Waals surface area contributed by atoms with E-state index >= 15 is 0 Å². The summed E-state index contributed by atoms with van der Waals surface area (Å²) in [6.07, 6.45) is 5.14. The number of aldehydes is 1. The zero-order valence-corrected chi connectivity index (χ0v) is 6.79. The van der Waals surface area contributed by atoms with Gasteiger partial charge >= 0.3 is 0 Å². The van der Waals surface area contributed by atoms with Crippen LogP contribution >= 0.6 is 0 Å². The molecule has 1 aromatic rings. The maximum Gasteiger partial charge on any atom is 0.151 e. The second kappa shape index (κ2) is 3.28. The number of nitrogens with zero attached hydrogens (tertiary/aromatic N) is 1. The molecular weight excluding hydrogens is 138 g/mol. The normalized spacial score (nSPS) is 9.64. The van der Waals surface area contributed by atoms with Gasteiger partial charge in [0, 0.05) is 18.0 Å². The Morgan fingerprint density at radius 2 is 2.27 bits per heavy atom. The van der Waals surface area contributed by atoms with Crippen molar-refractivity contribution in [3.63, 3.8) is 0 Å². The number of aryl methyl sites for hydroxylation is 1. The molecule has 58 valence electrons. The van der Waals surface area contributed by atoms with Gasteiger partial charge in [0.15, 0.2) is 6.29 Å². The Balaban J connectivity index is 3.23. The first kappa shape index (κ1) is 7.92. The van der Waals surface area contributed by atoms with E-state index < -0.39 is 0 Å². The van der Waals surface area contributed by atoms with Gasteiger partial charge in [0.25, 0.3) is 0 Å². The number of pyridine rings is 1. The molecule has 2 nitrogen and oxygen atoms in total. The van der Waals surface area contributed by atoms with Gasteiger partial charge < -0.3 is 0 Å². The summed E-state index contributed by atoms with van der Waals surface area (Å²) in [6, 6.07) is 0. The van der Waals surface area contributed by atoms with Crippen LogP contribution in [0.1, 0.15) is 28.4 Å². The monoisotopic (exact) mass is 149 g/mol. The summed E-state index contributed by atoms with van der Waals surface area (Å²) >= 11 is 0. The van der Waals surface area contributed by atoms with E-state index in [0.29, 0.717) is 5.56 Å². The molecule has 0 bridgehead atoms. The minimum absolute atomic E-state index is 0.715. The van der Waals surface area contributed by atoms with Crippen LogP contribution in [0.25, 0.3) is 0 Å². The van der Waals surface area contributed by atoms with E-state index in [4.69, 9.17) is 0 Å². The number of hydrogen-bond acceptors (Lipinski definition) is 2. The fraction of sp³-hybridized carbons (Fsp3) is 0.333. The maximum absolute atomic E-state index is 10.5. The Labute approximate surface area is 66.3 Å². The number of hydrogen-bond donors (Lipinski definition) is 0. The SMILES string of the molecule is CCc1c(C)cncc1C=O. The van der Waals surface area contributed by atoms with Gasteiger partial charge in [-0.2, -0.15) is 0 Å². The third-order valence-electron chi connectivity index (χ3n) is 1.79. The van der Waals surface area contributed by atoms with Gasteiger partial charge in [0.2, 0.25) is 0 Å². The Hall–Kier alpha value is -1.18. The molecule has 0 aliphatic rings. The van der Waals surface area contributed by atoms with Crippen LogP contribution in [0, 0.1) is 6.92 Å². The molecule has 1 aromatic heterocycles. The molecule has 1 heterocycles. The smallest absolute Gasteiger partial charge is 0.151 e. The first-order valence-electron chi connectivity index (χ1n) is 3.68. The van der Waals surface area contributed by atoms with Crippen LogP contribution in [0.5, 0.6) is 0 Å². The highest BCUT2D eigenvalue weighted by molar-refractivity contribution is 5.77. The number of aromatic nitrogens is 1. The minimum Gasteiger partial charge on any atom is -0.298 e. The predicted octanol–water partition coefficient (Wildman–Crippen LogP) is 1.76. The fourth-order valence-electron chi connectivity index (χ4n) is 1.20. The van der Waals surface area contributed by atoms with E-state index in [0.717, 1.165) is 23.8 Å². The lowest BCUT2D eigenvalue weighted by Gasteiger charge is -2.03. The number of rotatable bonds is 2. The van der Waals surface area contributed by atoms with Crippen LogP contribution in [-0.4, -0.2) is 11.3 Å². The first-order valence-corrected chi connectivity index (χ1v) is 3.68. The molecular formula is C9H11NO. The number of carbonyl (C=O) groups excluding carboxylic acids is 1. The van der Waals surface area contributed by atoms with Crippen molar-refractivity contribution in [3.8, 4) is 0 Å². The van der Waals surface area contributed by atoms with Crippen molar-refractivity contribution in [2.24, 2.45) is 0 Å². The van der Waals surface area contributed by atoms with Gasteiger partial charge in [-0.25, -0.2) is 0 Å². The van der Waals surface area contributed by atoms with E-state index in [1.54, 1.807) is 12.4 Å². The second-order valence-corrected chi connectivity index (χ2v) is 2.50. The van der Waals surface area contributed by atoms with E-state index in [2.05, 4.69) is 4.98 Å². The molecule has 0 unspecified atom stereocenters. The summed E-state index contributed by atoms with van der Waals surface area (Å²) in [5.74, 6) is 0. The van der Waals surface area contributed by atoms with E-state index in [9.17, 15) is 4.79 Å².